The van der Waals surface area contributed by atoms with Crippen LogP contribution in [0.5, 0.6) is 0 Å². The van der Waals surface area contributed by atoms with Crippen LogP contribution in [0.4, 0.5) is 0 Å². The van der Waals surface area contributed by atoms with Crippen molar-refractivity contribution in [3.8, 4) is 0 Å². The molecule has 0 aromatic heterocycles. The number of halogens is 1. The van der Waals surface area contributed by atoms with Crippen molar-refractivity contribution in [3.63, 3.8) is 0 Å². The molecule has 0 aliphatic rings. The van der Waals surface area contributed by atoms with Crippen LogP contribution in [0.3, 0.4) is 0 Å². The first-order valence-electron chi connectivity index (χ1n) is 12.6. The van der Waals surface area contributed by atoms with Gasteiger partial charge in [-0.15, -0.1) is 5.10 Å². The van der Waals surface area contributed by atoms with E-state index >= 15 is 0 Å². The lowest BCUT2D eigenvalue weighted by Gasteiger charge is -2.27. The van der Waals surface area contributed by atoms with E-state index in [1.807, 2.05) is 42.5 Å². The summed E-state index contributed by atoms with van der Waals surface area (Å²) in [6.45, 7) is 2.09. The van der Waals surface area contributed by atoms with Gasteiger partial charge in [0, 0.05) is 16.1 Å². The fraction of sp³-hybridized carbons (Fsp3) is 0.0588. The Hall–Kier alpha value is -3.84. The molecule has 2 nitrogen and oxygen atoms in total. The molecule has 0 aliphatic carbocycles. The summed E-state index contributed by atoms with van der Waals surface area (Å²) < 4.78 is 0. The van der Waals surface area contributed by atoms with Gasteiger partial charge in [-0.3, -0.25) is 0 Å². The third kappa shape index (κ3) is 5.68. The average molecular weight is 532 g/mol. The highest BCUT2D eigenvalue weighted by atomic mass is 35.5. The Balaban J connectivity index is 1.64. The SMILES string of the molecule is CC(C[P+](c1ccccc1)(c1ccccc1)c1ccccc1)=NN=C(c1ccccc1)c1ccc(Cl)cc1. The fourth-order valence-electron chi connectivity index (χ4n) is 4.76. The lowest BCUT2D eigenvalue weighted by Crippen LogP contribution is -2.35. The molecule has 0 N–H and O–H groups in total. The van der Waals surface area contributed by atoms with E-state index in [2.05, 4.69) is 110 Å². The number of benzene rings is 5. The fourth-order valence-corrected chi connectivity index (χ4v) is 9.13. The lowest BCUT2D eigenvalue weighted by molar-refractivity contribution is 1.22. The second kappa shape index (κ2) is 12.1. The van der Waals surface area contributed by atoms with E-state index in [0.29, 0.717) is 5.02 Å². The molecule has 0 aliphatic heterocycles. The van der Waals surface area contributed by atoms with Crippen molar-refractivity contribution in [3.05, 3.63) is 162 Å². The predicted octanol–water partition coefficient (Wildman–Crippen LogP) is 7.55. The minimum absolute atomic E-state index is 0.698. The molecule has 5 aromatic carbocycles. The summed E-state index contributed by atoms with van der Waals surface area (Å²) in [4.78, 5) is 0. The molecular formula is C34H29ClN2P+. The minimum Gasteiger partial charge on any atom is -0.156 e. The van der Waals surface area contributed by atoms with Crippen molar-refractivity contribution in [2.24, 2.45) is 10.2 Å². The summed E-state index contributed by atoms with van der Waals surface area (Å²) in [6, 6.07) is 50.5. The van der Waals surface area contributed by atoms with Crippen molar-refractivity contribution in [2.75, 3.05) is 6.16 Å². The van der Waals surface area contributed by atoms with Gasteiger partial charge in [0.15, 0.2) is 0 Å². The smallest absolute Gasteiger partial charge is 0.117 e. The molecular weight excluding hydrogens is 503 g/mol. The molecule has 38 heavy (non-hydrogen) atoms. The first kappa shape index (κ1) is 25.8. The molecule has 0 spiro atoms. The van der Waals surface area contributed by atoms with E-state index in [0.717, 1.165) is 28.7 Å². The van der Waals surface area contributed by atoms with Crippen molar-refractivity contribution in [1.29, 1.82) is 0 Å². The minimum atomic E-state index is -2.04. The van der Waals surface area contributed by atoms with Crippen molar-refractivity contribution in [1.82, 2.24) is 0 Å². The Kier molecular flexibility index (Phi) is 8.24. The normalized spacial score (nSPS) is 12.4. The third-order valence-corrected chi connectivity index (χ3v) is 11.3. The van der Waals surface area contributed by atoms with E-state index in [-0.39, 0.29) is 0 Å². The number of hydrogen-bond acceptors (Lipinski definition) is 2. The molecule has 4 heteroatoms. The molecule has 0 unspecified atom stereocenters. The number of nitrogens with zero attached hydrogens (tertiary/aromatic N) is 2. The van der Waals surface area contributed by atoms with Gasteiger partial charge in [0.2, 0.25) is 0 Å². The highest BCUT2D eigenvalue weighted by molar-refractivity contribution is 7.96. The van der Waals surface area contributed by atoms with Gasteiger partial charge < -0.3 is 0 Å². The first-order valence-corrected chi connectivity index (χ1v) is 15.0. The highest BCUT2D eigenvalue weighted by Gasteiger charge is 2.45. The zero-order valence-electron chi connectivity index (χ0n) is 21.3. The molecule has 0 radical (unpaired) electrons. The molecule has 5 rings (SSSR count). The first-order chi connectivity index (χ1) is 18.7. The molecule has 0 atom stereocenters. The monoisotopic (exact) mass is 531 g/mol. The highest BCUT2D eigenvalue weighted by Crippen LogP contribution is 2.55. The van der Waals surface area contributed by atoms with Crippen LogP contribution < -0.4 is 15.9 Å². The lowest BCUT2D eigenvalue weighted by atomic mass is 10.0. The predicted molar refractivity (Wildman–Crippen MR) is 167 cm³/mol. The Labute approximate surface area is 230 Å². The molecule has 0 heterocycles. The molecule has 0 fully saturated rings. The van der Waals surface area contributed by atoms with Gasteiger partial charge in [0.1, 0.15) is 35.0 Å². The molecule has 186 valence electrons. The zero-order valence-corrected chi connectivity index (χ0v) is 22.9. The Morgan fingerprint density at radius 3 is 1.37 bits per heavy atom. The van der Waals surface area contributed by atoms with Crippen LogP contribution in [0.25, 0.3) is 0 Å². The third-order valence-electron chi connectivity index (χ3n) is 6.54. The standard InChI is InChI=1S/C34H29ClN2P/c1-27(36-37-34(28-14-6-2-7-15-28)29-22-24-30(35)25-23-29)26-38(31-16-8-3-9-17-31,32-18-10-4-11-19-32)33-20-12-5-13-21-33/h2-25H,26H2,1H3/q+1. The van der Waals surface area contributed by atoms with Crippen LogP contribution in [-0.4, -0.2) is 17.6 Å². The second-order valence-corrected chi connectivity index (χ2v) is 13.1. The Bertz CT molecular complexity index is 1420. The van der Waals surface area contributed by atoms with E-state index in [9.17, 15) is 0 Å². The van der Waals surface area contributed by atoms with Gasteiger partial charge in [-0.2, -0.15) is 5.10 Å². The van der Waals surface area contributed by atoms with Gasteiger partial charge >= 0.3 is 0 Å². The van der Waals surface area contributed by atoms with Gasteiger partial charge in [0.05, 0.1) is 5.71 Å². The van der Waals surface area contributed by atoms with Gasteiger partial charge in [0.25, 0.3) is 0 Å². The Morgan fingerprint density at radius 1 is 0.526 bits per heavy atom. The average Bonchev–Trinajstić information content (AvgIpc) is 2.99. The van der Waals surface area contributed by atoms with Crippen LogP contribution >= 0.6 is 18.9 Å². The van der Waals surface area contributed by atoms with E-state index < -0.39 is 7.26 Å². The summed E-state index contributed by atoms with van der Waals surface area (Å²) in [5.41, 5.74) is 3.80. The maximum Gasteiger partial charge on any atom is 0.117 e. The van der Waals surface area contributed by atoms with Gasteiger partial charge in [-0.25, -0.2) is 0 Å². The zero-order chi connectivity index (χ0) is 26.2. The number of hydrogen-bond donors (Lipinski definition) is 0. The molecule has 0 saturated heterocycles. The molecule has 0 amide bonds. The van der Waals surface area contributed by atoms with E-state index in [4.69, 9.17) is 21.8 Å². The quantitative estimate of drug-likeness (QED) is 0.112. The molecule has 0 saturated carbocycles. The Morgan fingerprint density at radius 2 is 0.921 bits per heavy atom. The molecule has 0 bridgehead atoms. The van der Waals surface area contributed by atoms with Gasteiger partial charge in [-0.1, -0.05) is 109 Å². The maximum atomic E-state index is 6.17. The van der Waals surface area contributed by atoms with Gasteiger partial charge in [-0.05, 0) is 55.5 Å². The van der Waals surface area contributed by atoms with E-state index in [1.165, 1.54) is 15.9 Å². The van der Waals surface area contributed by atoms with Crippen molar-refractivity contribution >= 4 is 46.2 Å². The maximum absolute atomic E-state index is 6.17. The van der Waals surface area contributed by atoms with Crippen LogP contribution in [0.1, 0.15) is 18.1 Å². The van der Waals surface area contributed by atoms with Crippen LogP contribution in [0, 0.1) is 0 Å². The topological polar surface area (TPSA) is 24.7 Å². The summed E-state index contributed by atoms with van der Waals surface area (Å²) in [6.07, 6.45) is 0.789. The van der Waals surface area contributed by atoms with Crippen LogP contribution in [0.15, 0.2) is 156 Å². The van der Waals surface area contributed by atoms with Crippen LogP contribution in [0.2, 0.25) is 5.02 Å². The van der Waals surface area contributed by atoms with E-state index in [1.54, 1.807) is 0 Å². The summed E-state index contributed by atoms with van der Waals surface area (Å²) in [5.74, 6) is 0. The van der Waals surface area contributed by atoms with Crippen molar-refractivity contribution in [2.45, 2.75) is 6.92 Å². The van der Waals surface area contributed by atoms with Crippen molar-refractivity contribution < 1.29 is 0 Å². The summed E-state index contributed by atoms with van der Waals surface area (Å²) in [5, 5.41) is 14.4. The summed E-state index contributed by atoms with van der Waals surface area (Å²) >= 11 is 6.17. The van der Waals surface area contributed by atoms with Crippen LogP contribution in [-0.2, 0) is 0 Å². The molecule has 5 aromatic rings. The number of rotatable bonds is 8. The largest absolute Gasteiger partial charge is 0.156 e. The summed E-state index contributed by atoms with van der Waals surface area (Å²) in [7, 11) is -2.04. The second-order valence-electron chi connectivity index (χ2n) is 9.13.